The molecule has 1 heterocycles. The standard InChI is InChI=1S/C17H20BrClN2/c1-20-17-5-3-2-4-12-9-21(11-15(12)17)10-13-6-7-14(18)8-16(13)19/h6-9,11,17,20H,2-5,10H2,1H3. The van der Waals surface area contributed by atoms with E-state index in [0.29, 0.717) is 6.04 Å². The third-order valence-electron chi connectivity index (χ3n) is 4.28. The van der Waals surface area contributed by atoms with Gasteiger partial charge in [-0.05, 0) is 55.1 Å². The van der Waals surface area contributed by atoms with Crippen LogP contribution in [0.15, 0.2) is 35.1 Å². The minimum atomic E-state index is 0.490. The van der Waals surface area contributed by atoms with Gasteiger partial charge >= 0.3 is 0 Å². The van der Waals surface area contributed by atoms with Crippen molar-refractivity contribution in [3.05, 3.63) is 56.8 Å². The molecule has 1 aromatic heterocycles. The smallest absolute Gasteiger partial charge is 0.0485 e. The fourth-order valence-electron chi connectivity index (χ4n) is 3.15. The van der Waals surface area contributed by atoms with Gasteiger partial charge < -0.3 is 9.88 Å². The molecule has 1 aliphatic carbocycles. The maximum Gasteiger partial charge on any atom is 0.0485 e. The van der Waals surface area contributed by atoms with Crippen LogP contribution in [0.25, 0.3) is 0 Å². The molecule has 0 aliphatic heterocycles. The van der Waals surface area contributed by atoms with Crippen molar-refractivity contribution in [3.8, 4) is 0 Å². The van der Waals surface area contributed by atoms with Gasteiger partial charge in [-0.25, -0.2) is 0 Å². The summed E-state index contributed by atoms with van der Waals surface area (Å²) in [5, 5.41) is 4.27. The topological polar surface area (TPSA) is 17.0 Å². The Morgan fingerprint density at radius 3 is 2.95 bits per heavy atom. The fraction of sp³-hybridized carbons (Fsp3) is 0.412. The first-order chi connectivity index (χ1) is 10.2. The highest BCUT2D eigenvalue weighted by molar-refractivity contribution is 9.10. The number of aryl methyl sites for hydroxylation is 1. The van der Waals surface area contributed by atoms with E-state index >= 15 is 0 Å². The first kappa shape index (κ1) is 15.1. The lowest BCUT2D eigenvalue weighted by Crippen LogP contribution is -2.15. The van der Waals surface area contributed by atoms with Gasteiger partial charge in [-0.2, -0.15) is 0 Å². The number of halogens is 2. The molecule has 0 spiro atoms. The van der Waals surface area contributed by atoms with Gasteiger partial charge in [0.2, 0.25) is 0 Å². The van der Waals surface area contributed by atoms with Crippen molar-refractivity contribution in [2.24, 2.45) is 0 Å². The van der Waals surface area contributed by atoms with E-state index < -0.39 is 0 Å². The second kappa shape index (κ2) is 6.55. The van der Waals surface area contributed by atoms with Crippen LogP contribution in [-0.4, -0.2) is 11.6 Å². The zero-order valence-corrected chi connectivity index (χ0v) is 14.5. The SMILES string of the molecule is CNC1CCCCc2cn(Cc3ccc(Br)cc3Cl)cc21. The zero-order valence-electron chi connectivity index (χ0n) is 12.2. The van der Waals surface area contributed by atoms with Gasteiger partial charge in [-0.1, -0.05) is 40.0 Å². The number of nitrogens with zero attached hydrogens (tertiary/aromatic N) is 1. The summed E-state index contributed by atoms with van der Waals surface area (Å²) in [6.45, 7) is 0.829. The van der Waals surface area contributed by atoms with E-state index in [2.05, 4.69) is 51.3 Å². The molecular weight excluding hydrogens is 348 g/mol. The molecule has 1 aliphatic rings. The highest BCUT2D eigenvalue weighted by Crippen LogP contribution is 2.30. The lowest BCUT2D eigenvalue weighted by atomic mass is 10.1. The van der Waals surface area contributed by atoms with Gasteiger partial charge in [-0.3, -0.25) is 0 Å². The molecule has 0 saturated heterocycles. The molecule has 112 valence electrons. The second-order valence-corrected chi connectivity index (χ2v) is 7.06. The summed E-state index contributed by atoms with van der Waals surface area (Å²) in [5.74, 6) is 0. The van der Waals surface area contributed by atoms with Crippen molar-refractivity contribution in [2.45, 2.75) is 38.3 Å². The van der Waals surface area contributed by atoms with Crippen molar-refractivity contribution < 1.29 is 0 Å². The number of hydrogen-bond donors (Lipinski definition) is 1. The molecule has 2 nitrogen and oxygen atoms in total. The summed E-state index contributed by atoms with van der Waals surface area (Å²) in [6, 6.07) is 6.59. The van der Waals surface area contributed by atoms with Crippen LogP contribution in [0.4, 0.5) is 0 Å². The van der Waals surface area contributed by atoms with Crippen LogP contribution >= 0.6 is 27.5 Å². The largest absolute Gasteiger partial charge is 0.349 e. The monoisotopic (exact) mass is 366 g/mol. The number of aromatic nitrogens is 1. The number of hydrogen-bond acceptors (Lipinski definition) is 1. The van der Waals surface area contributed by atoms with Crippen molar-refractivity contribution in [2.75, 3.05) is 7.05 Å². The van der Waals surface area contributed by atoms with E-state index in [4.69, 9.17) is 11.6 Å². The van der Waals surface area contributed by atoms with Crippen LogP contribution in [0.3, 0.4) is 0 Å². The Balaban J connectivity index is 1.87. The van der Waals surface area contributed by atoms with Gasteiger partial charge in [0.05, 0.1) is 0 Å². The van der Waals surface area contributed by atoms with Crippen molar-refractivity contribution in [3.63, 3.8) is 0 Å². The summed E-state index contributed by atoms with van der Waals surface area (Å²) in [6.07, 6.45) is 9.59. The molecule has 0 fully saturated rings. The van der Waals surface area contributed by atoms with Crippen LogP contribution in [-0.2, 0) is 13.0 Å². The third-order valence-corrected chi connectivity index (χ3v) is 5.12. The molecule has 3 rings (SSSR count). The first-order valence-electron chi connectivity index (χ1n) is 7.47. The summed E-state index contributed by atoms with van der Waals surface area (Å²) in [5.41, 5.74) is 4.11. The van der Waals surface area contributed by atoms with Gasteiger partial charge in [0.15, 0.2) is 0 Å². The first-order valence-corrected chi connectivity index (χ1v) is 8.64. The van der Waals surface area contributed by atoms with Crippen LogP contribution < -0.4 is 5.32 Å². The molecule has 1 N–H and O–H groups in total. The van der Waals surface area contributed by atoms with E-state index in [0.717, 1.165) is 21.6 Å². The van der Waals surface area contributed by atoms with Gasteiger partial charge in [0, 0.05) is 34.5 Å². The van der Waals surface area contributed by atoms with Gasteiger partial charge in [0.1, 0.15) is 0 Å². The summed E-state index contributed by atoms with van der Waals surface area (Å²) in [4.78, 5) is 0. The van der Waals surface area contributed by atoms with Gasteiger partial charge in [-0.15, -0.1) is 0 Å². The maximum absolute atomic E-state index is 6.33. The van der Waals surface area contributed by atoms with Crippen LogP contribution in [0, 0.1) is 0 Å². The summed E-state index contributed by atoms with van der Waals surface area (Å²) in [7, 11) is 2.06. The molecule has 0 bridgehead atoms. The van der Waals surface area contributed by atoms with E-state index in [1.165, 1.54) is 36.8 Å². The molecule has 4 heteroatoms. The Morgan fingerprint density at radius 2 is 2.19 bits per heavy atom. The summed E-state index contributed by atoms with van der Waals surface area (Å²) >= 11 is 9.79. The summed E-state index contributed by atoms with van der Waals surface area (Å²) < 4.78 is 3.30. The number of nitrogens with one attached hydrogen (secondary N) is 1. The number of benzene rings is 1. The van der Waals surface area contributed by atoms with E-state index in [1.54, 1.807) is 0 Å². The fourth-order valence-corrected chi connectivity index (χ4v) is 3.89. The Hall–Kier alpha value is -0.770. The highest BCUT2D eigenvalue weighted by atomic mass is 79.9. The minimum Gasteiger partial charge on any atom is -0.349 e. The Bertz CT molecular complexity index is 636. The van der Waals surface area contributed by atoms with Crippen molar-refractivity contribution in [1.29, 1.82) is 0 Å². The minimum absolute atomic E-state index is 0.490. The number of rotatable bonds is 3. The Morgan fingerprint density at radius 1 is 1.33 bits per heavy atom. The lowest BCUT2D eigenvalue weighted by molar-refractivity contribution is 0.531. The molecule has 1 unspecified atom stereocenters. The molecule has 2 aromatic rings. The molecule has 0 radical (unpaired) electrons. The van der Waals surface area contributed by atoms with Crippen LogP contribution in [0.2, 0.25) is 5.02 Å². The second-order valence-electron chi connectivity index (χ2n) is 5.73. The molecule has 21 heavy (non-hydrogen) atoms. The van der Waals surface area contributed by atoms with Crippen molar-refractivity contribution in [1.82, 2.24) is 9.88 Å². The molecule has 1 atom stereocenters. The Kier molecular flexibility index (Phi) is 4.72. The average Bonchev–Trinajstić information content (AvgIpc) is 2.75. The molecule has 0 amide bonds. The highest BCUT2D eigenvalue weighted by Gasteiger charge is 2.19. The zero-order chi connectivity index (χ0) is 14.8. The number of fused-ring (bicyclic) bond motifs is 1. The van der Waals surface area contributed by atoms with E-state index in [9.17, 15) is 0 Å². The quantitative estimate of drug-likeness (QED) is 0.760. The average molecular weight is 368 g/mol. The van der Waals surface area contributed by atoms with Gasteiger partial charge in [0.25, 0.3) is 0 Å². The predicted octanol–water partition coefficient (Wildman–Crippen LogP) is 4.94. The van der Waals surface area contributed by atoms with Crippen LogP contribution in [0.1, 0.15) is 42.0 Å². The third kappa shape index (κ3) is 3.36. The Labute approximate surface area is 139 Å². The van der Waals surface area contributed by atoms with E-state index in [1.807, 2.05) is 12.1 Å². The lowest BCUT2D eigenvalue weighted by Gasteiger charge is -2.13. The maximum atomic E-state index is 6.33. The normalized spacial score (nSPS) is 18.3. The molecule has 0 saturated carbocycles. The molecule has 1 aromatic carbocycles. The van der Waals surface area contributed by atoms with Crippen LogP contribution in [0.5, 0.6) is 0 Å². The predicted molar refractivity (Wildman–Crippen MR) is 92.0 cm³/mol. The molecular formula is C17H20BrClN2. The van der Waals surface area contributed by atoms with Crippen molar-refractivity contribution >= 4 is 27.5 Å². The van der Waals surface area contributed by atoms with E-state index in [-0.39, 0.29) is 0 Å².